The van der Waals surface area contributed by atoms with Gasteiger partial charge in [0.1, 0.15) is 11.4 Å². The van der Waals surface area contributed by atoms with Crippen molar-refractivity contribution in [3.8, 4) is 11.8 Å². The van der Waals surface area contributed by atoms with Crippen molar-refractivity contribution in [2.75, 3.05) is 0 Å². The lowest BCUT2D eigenvalue weighted by Crippen LogP contribution is -2.25. The average molecular weight is 475 g/mol. The molecule has 0 aliphatic heterocycles. The molecule has 4 aromatic rings. The maximum atomic E-state index is 13.6. The van der Waals surface area contributed by atoms with Crippen molar-refractivity contribution < 1.29 is 13.6 Å². The van der Waals surface area contributed by atoms with Crippen LogP contribution in [-0.2, 0) is 20.0 Å². The number of hydrogen-bond acceptors (Lipinski definition) is 4. The van der Waals surface area contributed by atoms with E-state index in [1.165, 1.54) is 10.7 Å². The molecule has 0 N–H and O–H groups in total. The number of rotatable bonds is 6. The molecule has 6 nitrogen and oxygen atoms in total. The second kappa shape index (κ2) is 10.0. The lowest BCUT2D eigenvalue weighted by Gasteiger charge is -2.08. The zero-order valence-corrected chi connectivity index (χ0v) is 19.7. The summed E-state index contributed by atoms with van der Waals surface area (Å²) in [4.78, 5) is 34.5. The van der Waals surface area contributed by atoms with Gasteiger partial charge in [0.2, 0.25) is 0 Å². The molecule has 2 aromatic heterocycles. The molecular formula is C27H24F2N4O2. The molecule has 2 aromatic carbocycles. The van der Waals surface area contributed by atoms with Crippen LogP contribution in [0.2, 0.25) is 0 Å². The molecule has 8 heteroatoms. The van der Waals surface area contributed by atoms with E-state index in [1.54, 1.807) is 24.9 Å². The first-order valence-electron chi connectivity index (χ1n) is 11.3. The predicted octanol–water partition coefficient (Wildman–Crippen LogP) is 4.34. The normalized spacial score (nSPS) is 10.9. The van der Waals surface area contributed by atoms with Crippen molar-refractivity contribution >= 4 is 16.7 Å². The number of benzene rings is 2. The van der Waals surface area contributed by atoms with Gasteiger partial charge >= 0.3 is 0 Å². The second-order valence-corrected chi connectivity index (χ2v) is 8.23. The fraction of sp³-hybridized carbons (Fsp3) is 0.259. The number of Topliss-reactive ketones (excluding diaryl/α,β-unsaturated/α-hetero) is 1. The van der Waals surface area contributed by atoms with Crippen LogP contribution in [-0.4, -0.2) is 25.1 Å². The second-order valence-electron chi connectivity index (χ2n) is 8.23. The van der Waals surface area contributed by atoms with Crippen molar-refractivity contribution in [2.24, 2.45) is 7.05 Å². The van der Waals surface area contributed by atoms with E-state index in [9.17, 15) is 18.4 Å². The van der Waals surface area contributed by atoms with Crippen LogP contribution in [0.4, 0.5) is 8.78 Å². The number of aromatic nitrogens is 4. The van der Waals surface area contributed by atoms with Crippen molar-refractivity contribution in [2.45, 2.75) is 39.7 Å². The summed E-state index contributed by atoms with van der Waals surface area (Å²) in [7, 11) is 1.65. The fourth-order valence-electron chi connectivity index (χ4n) is 3.86. The minimum Gasteiger partial charge on any atom is -0.294 e. The standard InChI is InChI=1S/C27H24F2N4O2/c1-4-25-30-15-20-13-18(10-12-23(20)31-25)7-5-6-8-24(34)26-17(2)32(3)33(27(26)35)16-19-9-11-21(28)22(29)14-19/h9-15H,4,6,8,16H2,1-3H3. The van der Waals surface area contributed by atoms with E-state index in [-0.39, 0.29) is 24.3 Å². The van der Waals surface area contributed by atoms with Gasteiger partial charge in [0.05, 0.1) is 12.1 Å². The van der Waals surface area contributed by atoms with E-state index in [2.05, 4.69) is 21.8 Å². The number of halogens is 2. The highest BCUT2D eigenvalue weighted by Crippen LogP contribution is 2.14. The molecule has 0 radical (unpaired) electrons. The number of fused-ring (bicyclic) bond motifs is 1. The summed E-state index contributed by atoms with van der Waals surface area (Å²) in [6.45, 7) is 3.70. The molecule has 0 aliphatic carbocycles. The number of carbonyl (C=O) groups is 1. The molecule has 178 valence electrons. The maximum absolute atomic E-state index is 13.6. The first kappa shape index (κ1) is 24.0. The fourth-order valence-corrected chi connectivity index (χ4v) is 3.86. The van der Waals surface area contributed by atoms with E-state index in [1.807, 2.05) is 25.1 Å². The van der Waals surface area contributed by atoms with E-state index in [0.29, 0.717) is 17.7 Å². The summed E-state index contributed by atoms with van der Waals surface area (Å²) in [5.74, 6) is 4.59. The third-order valence-electron chi connectivity index (χ3n) is 5.91. The van der Waals surface area contributed by atoms with Crippen LogP contribution >= 0.6 is 0 Å². The van der Waals surface area contributed by atoms with Gasteiger partial charge in [-0.3, -0.25) is 14.3 Å². The summed E-state index contributed by atoms with van der Waals surface area (Å²) in [6, 6.07) is 9.15. The summed E-state index contributed by atoms with van der Waals surface area (Å²) < 4.78 is 29.7. The van der Waals surface area contributed by atoms with Gasteiger partial charge in [-0.15, -0.1) is 0 Å². The topological polar surface area (TPSA) is 69.8 Å². The summed E-state index contributed by atoms with van der Waals surface area (Å²) in [5, 5.41) is 0.895. The lowest BCUT2D eigenvalue weighted by atomic mass is 10.1. The maximum Gasteiger partial charge on any atom is 0.278 e. The molecule has 0 saturated heterocycles. The number of ketones is 1. The van der Waals surface area contributed by atoms with Crippen LogP contribution < -0.4 is 5.56 Å². The Morgan fingerprint density at radius 1 is 1.11 bits per heavy atom. The van der Waals surface area contributed by atoms with E-state index >= 15 is 0 Å². The monoisotopic (exact) mass is 474 g/mol. The Kier molecular flexibility index (Phi) is 6.87. The average Bonchev–Trinajstić information content (AvgIpc) is 3.06. The molecule has 0 amide bonds. The molecule has 0 bridgehead atoms. The molecule has 0 saturated carbocycles. The highest BCUT2D eigenvalue weighted by atomic mass is 19.2. The van der Waals surface area contributed by atoms with Crippen molar-refractivity contribution in [1.82, 2.24) is 19.3 Å². The Bertz CT molecular complexity index is 1560. The van der Waals surface area contributed by atoms with Crippen molar-refractivity contribution in [1.29, 1.82) is 0 Å². The van der Waals surface area contributed by atoms with Gasteiger partial charge in [-0.2, -0.15) is 0 Å². The Balaban J connectivity index is 1.47. The van der Waals surface area contributed by atoms with Crippen LogP contribution in [0.25, 0.3) is 10.9 Å². The van der Waals surface area contributed by atoms with Crippen LogP contribution in [0, 0.1) is 30.4 Å². The first-order valence-corrected chi connectivity index (χ1v) is 11.3. The molecule has 0 spiro atoms. The summed E-state index contributed by atoms with van der Waals surface area (Å²) >= 11 is 0. The minimum absolute atomic E-state index is 0.0197. The Morgan fingerprint density at radius 2 is 1.91 bits per heavy atom. The van der Waals surface area contributed by atoms with Gasteiger partial charge in [0, 0.05) is 49.2 Å². The number of carbonyl (C=O) groups excluding carboxylic acids is 1. The molecule has 0 aliphatic rings. The molecule has 0 unspecified atom stereocenters. The minimum atomic E-state index is -0.985. The van der Waals surface area contributed by atoms with Crippen molar-refractivity contribution in [3.63, 3.8) is 0 Å². The number of hydrogen-bond donors (Lipinski definition) is 0. The van der Waals surface area contributed by atoms with Gasteiger partial charge in [-0.05, 0) is 42.8 Å². The molecule has 4 rings (SSSR count). The molecule has 35 heavy (non-hydrogen) atoms. The molecular weight excluding hydrogens is 450 g/mol. The highest BCUT2D eigenvalue weighted by Gasteiger charge is 2.21. The number of aryl methyl sites for hydroxylation is 1. The quantitative estimate of drug-likeness (QED) is 0.308. The van der Waals surface area contributed by atoms with Crippen LogP contribution in [0.1, 0.15) is 52.8 Å². The van der Waals surface area contributed by atoms with Crippen molar-refractivity contribution in [3.05, 3.63) is 92.8 Å². The molecule has 0 atom stereocenters. The van der Waals surface area contributed by atoms with Gasteiger partial charge in [0.25, 0.3) is 5.56 Å². The zero-order chi connectivity index (χ0) is 25.1. The summed E-state index contributed by atoms with van der Waals surface area (Å²) in [5.41, 5.74) is 2.21. The summed E-state index contributed by atoms with van der Waals surface area (Å²) in [6.07, 6.45) is 2.93. The molecule has 0 fully saturated rings. The largest absolute Gasteiger partial charge is 0.294 e. The Hall–Kier alpha value is -4.12. The third-order valence-corrected chi connectivity index (χ3v) is 5.91. The zero-order valence-electron chi connectivity index (χ0n) is 19.7. The first-order chi connectivity index (χ1) is 16.8. The van der Waals surface area contributed by atoms with Crippen LogP contribution in [0.5, 0.6) is 0 Å². The third kappa shape index (κ3) is 5.04. The van der Waals surface area contributed by atoms with Gasteiger partial charge in [-0.1, -0.05) is 24.8 Å². The van der Waals surface area contributed by atoms with Crippen LogP contribution in [0.15, 0.2) is 47.4 Å². The van der Waals surface area contributed by atoms with Gasteiger partial charge in [0.15, 0.2) is 17.4 Å². The van der Waals surface area contributed by atoms with E-state index in [0.717, 1.165) is 40.8 Å². The highest BCUT2D eigenvalue weighted by molar-refractivity contribution is 5.97. The van der Waals surface area contributed by atoms with Crippen LogP contribution in [0.3, 0.4) is 0 Å². The number of nitrogens with zero attached hydrogens (tertiary/aromatic N) is 4. The smallest absolute Gasteiger partial charge is 0.278 e. The molecule has 2 heterocycles. The van der Waals surface area contributed by atoms with E-state index < -0.39 is 17.2 Å². The van der Waals surface area contributed by atoms with Gasteiger partial charge < -0.3 is 0 Å². The lowest BCUT2D eigenvalue weighted by molar-refractivity contribution is 0.0982. The predicted molar refractivity (Wildman–Crippen MR) is 129 cm³/mol. The van der Waals surface area contributed by atoms with Gasteiger partial charge in [-0.25, -0.2) is 23.4 Å². The Labute approximate surface area is 201 Å². The van der Waals surface area contributed by atoms with E-state index in [4.69, 9.17) is 0 Å². The SMILES string of the molecule is CCc1ncc2cc(C#CCCC(=O)c3c(C)n(C)n(Cc4ccc(F)c(F)c4)c3=O)ccc2n1. The Morgan fingerprint density at radius 3 is 2.66 bits per heavy atom.